The molecule has 1 atom stereocenters. The lowest BCUT2D eigenvalue weighted by atomic mass is 10.2. The number of thioether (sulfide) groups is 1. The number of pyridine rings is 1. The molecule has 1 unspecified atom stereocenters. The highest BCUT2D eigenvalue weighted by atomic mass is 35.5. The third kappa shape index (κ3) is 5.44. The summed E-state index contributed by atoms with van der Waals surface area (Å²) in [4.78, 5) is 15.6. The molecule has 0 aliphatic carbocycles. The molecule has 4 nitrogen and oxygen atoms in total. The fourth-order valence-electron chi connectivity index (χ4n) is 1.10. The maximum absolute atomic E-state index is 11.6. The average molecular weight is 308 g/mol. The zero-order chi connectivity index (χ0) is 13.5. The number of rotatable bonds is 6. The van der Waals surface area contributed by atoms with Gasteiger partial charge >= 0.3 is 0 Å². The molecule has 3 N–H and O–H groups in total. The molecule has 0 spiro atoms. The van der Waals surface area contributed by atoms with Crippen LogP contribution in [0.2, 0.25) is 10.0 Å². The van der Waals surface area contributed by atoms with E-state index in [1.165, 1.54) is 24.0 Å². The smallest absolute Gasteiger partial charge is 0.235 e. The first-order valence-electron chi connectivity index (χ1n) is 5.41. The zero-order valence-corrected chi connectivity index (χ0v) is 12.3. The highest BCUT2D eigenvalue weighted by Gasteiger charge is 2.08. The largest absolute Gasteiger partial charge is 0.330 e. The Kier molecular flexibility index (Phi) is 6.78. The molecular formula is C11H15Cl2N3OS. The Morgan fingerprint density at radius 1 is 1.61 bits per heavy atom. The molecule has 100 valence electrons. The van der Waals surface area contributed by atoms with Gasteiger partial charge in [-0.2, -0.15) is 11.8 Å². The SMILES string of the molecule is CC(CN)CSCC(=O)Nc1ncc(Cl)cc1Cl. The number of nitrogens with one attached hydrogen (secondary N) is 1. The zero-order valence-electron chi connectivity index (χ0n) is 9.95. The van der Waals surface area contributed by atoms with Crippen LogP contribution < -0.4 is 11.1 Å². The lowest BCUT2D eigenvalue weighted by Crippen LogP contribution is -2.18. The summed E-state index contributed by atoms with van der Waals surface area (Å²) in [6.07, 6.45) is 1.44. The molecule has 0 aliphatic rings. The minimum Gasteiger partial charge on any atom is -0.330 e. The van der Waals surface area contributed by atoms with E-state index in [0.717, 1.165) is 5.75 Å². The number of nitrogens with zero attached hydrogens (tertiary/aromatic N) is 1. The van der Waals surface area contributed by atoms with E-state index in [4.69, 9.17) is 28.9 Å². The minimum atomic E-state index is -0.138. The molecule has 0 saturated heterocycles. The Bertz CT molecular complexity index is 417. The van der Waals surface area contributed by atoms with Crippen LogP contribution in [0.4, 0.5) is 5.82 Å². The topological polar surface area (TPSA) is 68.0 Å². The third-order valence-electron chi connectivity index (χ3n) is 2.10. The number of nitrogens with two attached hydrogens (primary N) is 1. The van der Waals surface area contributed by atoms with Gasteiger partial charge in [-0.15, -0.1) is 0 Å². The third-order valence-corrected chi connectivity index (χ3v) is 3.87. The van der Waals surface area contributed by atoms with E-state index in [1.807, 2.05) is 6.92 Å². The highest BCUT2D eigenvalue weighted by Crippen LogP contribution is 2.22. The van der Waals surface area contributed by atoms with Gasteiger partial charge in [-0.3, -0.25) is 4.79 Å². The molecule has 0 bridgehead atoms. The maximum atomic E-state index is 11.6. The molecule has 1 aromatic heterocycles. The van der Waals surface area contributed by atoms with Crippen molar-refractivity contribution >= 4 is 46.7 Å². The molecule has 0 radical (unpaired) electrons. The quantitative estimate of drug-likeness (QED) is 0.848. The Morgan fingerprint density at radius 2 is 2.33 bits per heavy atom. The van der Waals surface area contributed by atoms with Crippen molar-refractivity contribution in [3.63, 3.8) is 0 Å². The summed E-state index contributed by atoms with van der Waals surface area (Å²) in [6, 6.07) is 1.54. The second-order valence-electron chi connectivity index (χ2n) is 3.89. The number of aromatic nitrogens is 1. The van der Waals surface area contributed by atoms with Gasteiger partial charge in [0, 0.05) is 6.20 Å². The van der Waals surface area contributed by atoms with Gasteiger partial charge in [-0.1, -0.05) is 30.1 Å². The van der Waals surface area contributed by atoms with Gasteiger partial charge in [-0.25, -0.2) is 4.98 Å². The summed E-state index contributed by atoms with van der Waals surface area (Å²) in [5, 5.41) is 3.40. The molecule has 0 aliphatic heterocycles. The normalized spacial score (nSPS) is 12.2. The molecule has 1 rings (SSSR count). The molecule has 0 fully saturated rings. The van der Waals surface area contributed by atoms with E-state index in [-0.39, 0.29) is 5.91 Å². The second kappa shape index (κ2) is 7.84. The lowest BCUT2D eigenvalue weighted by Gasteiger charge is -2.08. The number of hydrogen-bond acceptors (Lipinski definition) is 4. The monoisotopic (exact) mass is 307 g/mol. The molecule has 0 aromatic carbocycles. The first-order valence-corrected chi connectivity index (χ1v) is 7.32. The van der Waals surface area contributed by atoms with Gasteiger partial charge < -0.3 is 11.1 Å². The van der Waals surface area contributed by atoms with E-state index in [2.05, 4.69) is 10.3 Å². The van der Waals surface area contributed by atoms with Crippen molar-refractivity contribution in [3.05, 3.63) is 22.3 Å². The Hall–Kier alpha value is -0.490. The van der Waals surface area contributed by atoms with Gasteiger partial charge in [0.15, 0.2) is 5.82 Å². The van der Waals surface area contributed by atoms with Crippen molar-refractivity contribution in [2.75, 3.05) is 23.4 Å². The van der Waals surface area contributed by atoms with Crippen molar-refractivity contribution in [2.24, 2.45) is 11.7 Å². The second-order valence-corrected chi connectivity index (χ2v) is 5.76. The van der Waals surface area contributed by atoms with Gasteiger partial charge in [0.1, 0.15) is 0 Å². The van der Waals surface area contributed by atoms with Gasteiger partial charge in [-0.05, 0) is 24.3 Å². The molecule has 1 aromatic rings. The van der Waals surface area contributed by atoms with Crippen LogP contribution in [0.25, 0.3) is 0 Å². The van der Waals surface area contributed by atoms with Crippen LogP contribution in [0.1, 0.15) is 6.92 Å². The highest BCUT2D eigenvalue weighted by molar-refractivity contribution is 7.99. The number of hydrogen-bond donors (Lipinski definition) is 2. The minimum absolute atomic E-state index is 0.138. The molecule has 7 heteroatoms. The summed E-state index contributed by atoms with van der Waals surface area (Å²) in [5.41, 5.74) is 5.49. The Morgan fingerprint density at radius 3 is 2.94 bits per heavy atom. The lowest BCUT2D eigenvalue weighted by molar-refractivity contribution is -0.113. The Labute approximate surface area is 121 Å². The predicted octanol–water partition coefficient (Wildman–Crippen LogP) is 2.65. The number of anilines is 1. The van der Waals surface area contributed by atoms with Gasteiger partial charge in [0.2, 0.25) is 5.91 Å². The summed E-state index contributed by atoms with van der Waals surface area (Å²) in [6.45, 7) is 2.67. The van der Waals surface area contributed by atoms with Crippen molar-refractivity contribution in [2.45, 2.75) is 6.92 Å². The van der Waals surface area contributed by atoms with Gasteiger partial charge in [0.25, 0.3) is 0 Å². The first-order chi connectivity index (χ1) is 8.52. The van der Waals surface area contributed by atoms with Crippen LogP contribution >= 0.6 is 35.0 Å². The van der Waals surface area contributed by atoms with E-state index < -0.39 is 0 Å². The molecule has 1 heterocycles. The average Bonchev–Trinajstić information content (AvgIpc) is 2.32. The van der Waals surface area contributed by atoms with Crippen molar-refractivity contribution in [3.8, 4) is 0 Å². The fraction of sp³-hybridized carbons (Fsp3) is 0.455. The predicted molar refractivity (Wildman–Crippen MR) is 78.4 cm³/mol. The van der Waals surface area contributed by atoms with Crippen LogP contribution in [0.3, 0.4) is 0 Å². The number of amides is 1. The van der Waals surface area contributed by atoms with Crippen LogP contribution in [0.15, 0.2) is 12.3 Å². The van der Waals surface area contributed by atoms with Crippen LogP contribution in [0, 0.1) is 5.92 Å². The first kappa shape index (κ1) is 15.6. The van der Waals surface area contributed by atoms with Crippen LogP contribution in [0.5, 0.6) is 0 Å². The van der Waals surface area contributed by atoms with Crippen LogP contribution in [-0.2, 0) is 4.79 Å². The van der Waals surface area contributed by atoms with Crippen LogP contribution in [-0.4, -0.2) is 28.9 Å². The number of carbonyl (C=O) groups is 1. The van der Waals surface area contributed by atoms with Gasteiger partial charge in [0.05, 0.1) is 15.8 Å². The summed E-state index contributed by atoms with van der Waals surface area (Å²) < 4.78 is 0. The number of carbonyl (C=O) groups excluding carboxylic acids is 1. The standard InChI is InChI=1S/C11H15Cl2N3OS/c1-7(3-14)5-18-6-10(17)16-11-9(13)2-8(12)4-15-11/h2,4,7H,3,5-6,14H2,1H3,(H,15,16,17). The molecule has 18 heavy (non-hydrogen) atoms. The fourth-order valence-corrected chi connectivity index (χ4v) is 2.44. The maximum Gasteiger partial charge on any atom is 0.235 e. The number of halogens is 2. The molecule has 1 amide bonds. The van der Waals surface area contributed by atoms with E-state index in [0.29, 0.717) is 34.1 Å². The van der Waals surface area contributed by atoms with Crippen molar-refractivity contribution in [1.82, 2.24) is 4.98 Å². The van der Waals surface area contributed by atoms with Crippen molar-refractivity contribution < 1.29 is 4.79 Å². The van der Waals surface area contributed by atoms with E-state index in [9.17, 15) is 4.79 Å². The summed E-state index contributed by atoms with van der Waals surface area (Å²) in [7, 11) is 0. The Balaban J connectivity index is 2.40. The molecular weight excluding hydrogens is 293 g/mol. The van der Waals surface area contributed by atoms with E-state index >= 15 is 0 Å². The molecule has 0 saturated carbocycles. The van der Waals surface area contributed by atoms with E-state index in [1.54, 1.807) is 0 Å². The van der Waals surface area contributed by atoms with Crippen molar-refractivity contribution in [1.29, 1.82) is 0 Å². The summed E-state index contributed by atoms with van der Waals surface area (Å²) >= 11 is 13.1. The summed E-state index contributed by atoms with van der Waals surface area (Å²) in [5.74, 6) is 1.80.